The van der Waals surface area contributed by atoms with Gasteiger partial charge >= 0.3 is 0 Å². The first-order chi connectivity index (χ1) is 13.9. The van der Waals surface area contributed by atoms with Crippen LogP contribution in [-0.4, -0.2) is 68.3 Å². The summed E-state index contributed by atoms with van der Waals surface area (Å²) in [6, 6.07) is 0.366. The van der Waals surface area contributed by atoms with Crippen molar-refractivity contribution in [3.05, 3.63) is 22.8 Å². The summed E-state index contributed by atoms with van der Waals surface area (Å²) in [4.78, 5) is 17.3. The van der Waals surface area contributed by atoms with E-state index in [0.717, 1.165) is 55.1 Å². The Bertz CT molecular complexity index is 849. The standard InChI is InChI=1S/C20H31N7O2/c1-14-17(15(2)29-22-14)12-18(28)26-11-7-10-20(13-26,25(3)4)19-21-23-24-27(19)16-8-5-6-9-16/h16H,5-13H2,1-4H3. The molecule has 1 saturated carbocycles. The first-order valence-corrected chi connectivity index (χ1v) is 10.6. The zero-order chi connectivity index (χ0) is 20.6. The number of rotatable bonds is 5. The third kappa shape index (κ3) is 3.56. The van der Waals surface area contributed by atoms with Crippen LogP contribution >= 0.6 is 0 Å². The number of tetrazole rings is 1. The lowest BCUT2D eigenvalue weighted by atomic mass is 9.86. The molecule has 1 saturated heterocycles. The molecule has 2 aliphatic rings. The first kappa shape index (κ1) is 20.0. The Kier molecular flexibility index (Phi) is 5.42. The number of hydrogen-bond acceptors (Lipinski definition) is 7. The molecule has 1 unspecified atom stereocenters. The van der Waals surface area contributed by atoms with Gasteiger partial charge < -0.3 is 9.42 Å². The average Bonchev–Trinajstić information content (AvgIpc) is 3.45. The summed E-state index contributed by atoms with van der Waals surface area (Å²) >= 11 is 0. The Balaban J connectivity index is 1.60. The largest absolute Gasteiger partial charge is 0.361 e. The van der Waals surface area contributed by atoms with Gasteiger partial charge in [0.05, 0.1) is 18.2 Å². The molecule has 1 aliphatic heterocycles. The lowest BCUT2D eigenvalue weighted by Gasteiger charge is -2.46. The van der Waals surface area contributed by atoms with Crippen LogP contribution in [-0.2, 0) is 16.8 Å². The molecular formula is C20H31N7O2. The Morgan fingerprint density at radius 2 is 2.00 bits per heavy atom. The number of aryl methyl sites for hydroxylation is 2. The quantitative estimate of drug-likeness (QED) is 0.756. The zero-order valence-corrected chi connectivity index (χ0v) is 17.9. The molecular weight excluding hydrogens is 370 g/mol. The van der Waals surface area contributed by atoms with Gasteiger partial charge in [-0.25, -0.2) is 4.68 Å². The second-order valence-corrected chi connectivity index (χ2v) is 8.71. The van der Waals surface area contributed by atoms with E-state index in [2.05, 4.69) is 39.7 Å². The molecule has 2 aromatic rings. The molecule has 29 heavy (non-hydrogen) atoms. The molecule has 158 valence electrons. The highest BCUT2D eigenvalue weighted by Gasteiger charge is 2.45. The van der Waals surface area contributed by atoms with Crippen LogP contribution in [0.15, 0.2) is 4.52 Å². The smallest absolute Gasteiger partial charge is 0.227 e. The first-order valence-electron chi connectivity index (χ1n) is 10.6. The van der Waals surface area contributed by atoms with Crippen LogP contribution in [0.4, 0.5) is 0 Å². The van der Waals surface area contributed by atoms with Crippen LogP contribution in [0.2, 0.25) is 0 Å². The number of carbonyl (C=O) groups excluding carboxylic acids is 1. The molecule has 3 heterocycles. The number of piperidine rings is 1. The monoisotopic (exact) mass is 401 g/mol. The van der Waals surface area contributed by atoms with E-state index >= 15 is 0 Å². The predicted octanol–water partition coefficient (Wildman–Crippen LogP) is 2.02. The molecule has 9 nitrogen and oxygen atoms in total. The molecule has 0 spiro atoms. The zero-order valence-electron chi connectivity index (χ0n) is 17.9. The minimum absolute atomic E-state index is 0.102. The molecule has 1 amide bonds. The maximum Gasteiger partial charge on any atom is 0.227 e. The number of likely N-dealkylation sites (N-methyl/N-ethyl adjacent to an activating group) is 1. The van der Waals surface area contributed by atoms with Gasteiger partial charge in [-0.15, -0.1) is 5.10 Å². The Morgan fingerprint density at radius 1 is 1.24 bits per heavy atom. The van der Waals surface area contributed by atoms with Gasteiger partial charge in [-0.05, 0) is 64.1 Å². The van der Waals surface area contributed by atoms with E-state index in [1.54, 1.807) is 0 Å². The van der Waals surface area contributed by atoms with Crippen molar-refractivity contribution in [1.29, 1.82) is 0 Å². The number of aromatic nitrogens is 5. The van der Waals surface area contributed by atoms with E-state index in [-0.39, 0.29) is 11.4 Å². The summed E-state index contributed by atoms with van der Waals surface area (Å²) in [5.74, 6) is 1.71. The van der Waals surface area contributed by atoms with Crippen molar-refractivity contribution in [3.63, 3.8) is 0 Å². The van der Waals surface area contributed by atoms with Gasteiger partial charge in [0.2, 0.25) is 5.91 Å². The highest BCUT2D eigenvalue weighted by Crippen LogP contribution is 2.38. The van der Waals surface area contributed by atoms with Crippen LogP contribution in [0.5, 0.6) is 0 Å². The Morgan fingerprint density at radius 3 is 2.66 bits per heavy atom. The van der Waals surface area contributed by atoms with Crippen molar-refractivity contribution in [3.8, 4) is 0 Å². The fourth-order valence-corrected chi connectivity index (χ4v) is 4.91. The second kappa shape index (κ2) is 7.85. The fourth-order valence-electron chi connectivity index (χ4n) is 4.91. The highest BCUT2D eigenvalue weighted by molar-refractivity contribution is 5.79. The number of amides is 1. The molecule has 0 bridgehead atoms. The molecule has 2 aromatic heterocycles. The predicted molar refractivity (Wildman–Crippen MR) is 106 cm³/mol. The molecule has 0 N–H and O–H groups in total. The lowest BCUT2D eigenvalue weighted by Crippen LogP contribution is -2.57. The van der Waals surface area contributed by atoms with E-state index in [4.69, 9.17) is 4.52 Å². The van der Waals surface area contributed by atoms with Crippen molar-refractivity contribution in [1.82, 2.24) is 35.2 Å². The summed E-state index contributed by atoms with van der Waals surface area (Å²) in [5.41, 5.74) is 1.31. The summed E-state index contributed by atoms with van der Waals surface area (Å²) in [6.07, 6.45) is 6.86. The molecule has 2 fully saturated rings. The number of nitrogens with zero attached hydrogens (tertiary/aromatic N) is 7. The van der Waals surface area contributed by atoms with E-state index in [1.807, 2.05) is 23.4 Å². The maximum absolute atomic E-state index is 13.2. The lowest BCUT2D eigenvalue weighted by molar-refractivity contribution is -0.134. The normalized spacial score (nSPS) is 23.3. The van der Waals surface area contributed by atoms with Crippen molar-refractivity contribution in [2.24, 2.45) is 0 Å². The van der Waals surface area contributed by atoms with Gasteiger partial charge in [0.15, 0.2) is 5.82 Å². The molecule has 9 heteroatoms. The molecule has 0 aromatic carbocycles. The van der Waals surface area contributed by atoms with Gasteiger partial charge in [-0.1, -0.05) is 18.0 Å². The topological polar surface area (TPSA) is 93.2 Å². The van der Waals surface area contributed by atoms with Crippen LogP contribution in [0.3, 0.4) is 0 Å². The summed E-state index contributed by atoms with van der Waals surface area (Å²) in [5, 5.41) is 16.9. The summed E-state index contributed by atoms with van der Waals surface area (Å²) in [6.45, 7) is 5.09. The number of likely N-dealkylation sites (tertiary alicyclic amines) is 1. The molecule has 1 atom stereocenters. The minimum Gasteiger partial charge on any atom is -0.361 e. The van der Waals surface area contributed by atoms with Crippen LogP contribution in [0.1, 0.15) is 67.4 Å². The summed E-state index contributed by atoms with van der Waals surface area (Å²) in [7, 11) is 4.13. The van der Waals surface area contributed by atoms with Crippen LogP contribution in [0.25, 0.3) is 0 Å². The van der Waals surface area contributed by atoms with Crippen LogP contribution in [0, 0.1) is 13.8 Å². The van der Waals surface area contributed by atoms with E-state index in [9.17, 15) is 4.79 Å². The molecule has 0 radical (unpaired) electrons. The van der Waals surface area contributed by atoms with Crippen molar-refractivity contribution >= 4 is 5.91 Å². The van der Waals surface area contributed by atoms with Gasteiger partial charge in [0.1, 0.15) is 11.3 Å². The SMILES string of the molecule is Cc1noc(C)c1CC(=O)N1CCCC(c2nnnn2C2CCCC2)(N(C)C)C1. The Labute approximate surface area is 171 Å². The maximum atomic E-state index is 13.2. The van der Waals surface area contributed by atoms with Crippen LogP contribution < -0.4 is 0 Å². The van der Waals surface area contributed by atoms with E-state index in [1.165, 1.54) is 12.8 Å². The van der Waals surface area contributed by atoms with Gasteiger partial charge in [0, 0.05) is 18.7 Å². The summed E-state index contributed by atoms with van der Waals surface area (Å²) < 4.78 is 7.27. The second-order valence-electron chi connectivity index (χ2n) is 8.71. The number of hydrogen-bond donors (Lipinski definition) is 0. The van der Waals surface area contributed by atoms with E-state index in [0.29, 0.717) is 19.0 Å². The van der Waals surface area contributed by atoms with Crippen molar-refractivity contribution in [2.75, 3.05) is 27.2 Å². The molecule has 4 rings (SSSR count). The third-order valence-corrected chi connectivity index (χ3v) is 6.77. The third-order valence-electron chi connectivity index (χ3n) is 6.77. The van der Waals surface area contributed by atoms with Gasteiger partial charge in [-0.2, -0.15) is 0 Å². The highest BCUT2D eigenvalue weighted by atomic mass is 16.5. The fraction of sp³-hybridized carbons (Fsp3) is 0.750. The van der Waals surface area contributed by atoms with E-state index < -0.39 is 0 Å². The van der Waals surface area contributed by atoms with Gasteiger partial charge in [-0.3, -0.25) is 9.69 Å². The number of carbonyl (C=O) groups is 1. The minimum atomic E-state index is -0.376. The van der Waals surface area contributed by atoms with Gasteiger partial charge in [0.25, 0.3) is 0 Å². The van der Waals surface area contributed by atoms with Crippen molar-refractivity contribution in [2.45, 2.75) is 70.4 Å². The van der Waals surface area contributed by atoms with Crippen molar-refractivity contribution < 1.29 is 9.32 Å². The molecule has 1 aliphatic carbocycles. The average molecular weight is 402 g/mol. The Hall–Kier alpha value is -2.29.